The highest BCUT2D eigenvalue weighted by atomic mass is 16.3. The summed E-state index contributed by atoms with van der Waals surface area (Å²) in [6.07, 6.45) is 0. The van der Waals surface area contributed by atoms with Gasteiger partial charge in [-0.15, -0.1) is 0 Å². The van der Waals surface area contributed by atoms with Crippen LogP contribution in [0.3, 0.4) is 0 Å². The van der Waals surface area contributed by atoms with E-state index in [0.717, 1.165) is 18.8 Å². The first-order chi connectivity index (χ1) is 8.19. The molecule has 1 saturated heterocycles. The highest BCUT2D eigenvalue weighted by Gasteiger charge is 2.29. The van der Waals surface area contributed by atoms with Gasteiger partial charge in [-0.3, -0.25) is 0 Å². The lowest BCUT2D eigenvalue weighted by Crippen LogP contribution is -2.59. The van der Waals surface area contributed by atoms with Gasteiger partial charge in [-0.1, -0.05) is 6.07 Å². The zero-order valence-electron chi connectivity index (χ0n) is 10.9. The maximum atomic E-state index is 9.51. The van der Waals surface area contributed by atoms with E-state index in [0.29, 0.717) is 5.75 Å². The molecule has 1 N–H and O–H groups in total. The fraction of sp³-hybridized carbons (Fsp3) is 0.571. The third kappa shape index (κ3) is 2.55. The maximum absolute atomic E-state index is 9.51. The van der Waals surface area contributed by atoms with Gasteiger partial charge < -0.3 is 14.5 Å². The van der Waals surface area contributed by atoms with Crippen molar-refractivity contribution in [2.45, 2.75) is 13.8 Å². The summed E-state index contributed by atoms with van der Waals surface area (Å²) in [4.78, 5) is 2.38. The third-order valence-electron chi connectivity index (χ3n) is 4.23. The Labute approximate surface area is 104 Å². The second-order valence-corrected chi connectivity index (χ2v) is 4.93. The largest absolute Gasteiger partial charge is 0.508 e. The van der Waals surface area contributed by atoms with Gasteiger partial charge in [0.2, 0.25) is 0 Å². The predicted molar refractivity (Wildman–Crippen MR) is 71.4 cm³/mol. The first-order valence-electron chi connectivity index (χ1n) is 6.58. The fourth-order valence-electron chi connectivity index (χ4n) is 2.69. The summed E-state index contributed by atoms with van der Waals surface area (Å²) in [5.41, 5.74) is 1.15. The van der Waals surface area contributed by atoms with Gasteiger partial charge >= 0.3 is 0 Å². The predicted octanol–water partition coefficient (Wildman–Crippen LogP) is 2.07. The number of likely N-dealkylation sites (N-methyl/N-ethyl adjacent to an activating group) is 1. The van der Waals surface area contributed by atoms with Crippen LogP contribution in [0.1, 0.15) is 13.8 Å². The average Bonchev–Trinajstić information content (AvgIpc) is 2.39. The summed E-state index contributed by atoms with van der Waals surface area (Å²) in [5.74, 6) is 0.361. The van der Waals surface area contributed by atoms with E-state index in [4.69, 9.17) is 0 Å². The second-order valence-electron chi connectivity index (χ2n) is 4.93. The topological polar surface area (TPSA) is 23.5 Å². The number of phenols is 1. The van der Waals surface area contributed by atoms with Gasteiger partial charge in [0.1, 0.15) is 5.75 Å². The van der Waals surface area contributed by atoms with E-state index < -0.39 is 0 Å². The van der Waals surface area contributed by atoms with Crippen LogP contribution < -0.4 is 4.90 Å². The lowest BCUT2D eigenvalue weighted by molar-refractivity contribution is -0.925. The van der Waals surface area contributed by atoms with Crippen LogP contribution >= 0.6 is 0 Å². The van der Waals surface area contributed by atoms with Crippen LogP contribution in [0.2, 0.25) is 0 Å². The van der Waals surface area contributed by atoms with Gasteiger partial charge in [-0.05, 0) is 26.0 Å². The van der Waals surface area contributed by atoms with Gasteiger partial charge in [0.25, 0.3) is 0 Å². The molecular weight excluding hydrogens is 212 g/mol. The Morgan fingerprint density at radius 1 is 1.18 bits per heavy atom. The Morgan fingerprint density at radius 3 is 2.35 bits per heavy atom. The first-order valence-corrected chi connectivity index (χ1v) is 6.58. The Kier molecular flexibility index (Phi) is 3.57. The quantitative estimate of drug-likeness (QED) is 0.811. The van der Waals surface area contributed by atoms with Crippen molar-refractivity contribution in [1.29, 1.82) is 0 Å². The van der Waals surface area contributed by atoms with E-state index in [1.807, 2.05) is 12.1 Å². The van der Waals surface area contributed by atoms with E-state index in [1.165, 1.54) is 30.7 Å². The first kappa shape index (κ1) is 12.2. The number of phenolic OH excluding ortho intramolecular Hbond substituents is 1. The Balaban J connectivity index is 2.04. The van der Waals surface area contributed by atoms with E-state index >= 15 is 0 Å². The van der Waals surface area contributed by atoms with Crippen molar-refractivity contribution >= 4 is 5.69 Å². The van der Waals surface area contributed by atoms with Crippen LogP contribution in [0.4, 0.5) is 5.69 Å². The number of hydrogen-bond acceptors (Lipinski definition) is 2. The van der Waals surface area contributed by atoms with Crippen LogP contribution in [-0.4, -0.2) is 48.9 Å². The summed E-state index contributed by atoms with van der Waals surface area (Å²) in [6.45, 7) is 11.6. The molecule has 0 aromatic heterocycles. The zero-order valence-corrected chi connectivity index (χ0v) is 10.9. The number of aromatic hydroxyl groups is 1. The highest BCUT2D eigenvalue weighted by Crippen LogP contribution is 2.23. The lowest BCUT2D eigenvalue weighted by Gasteiger charge is -2.44. The average molecular weight is 235 g/mol. The molecule has 0 spiro atoms. The summed E-state index contributed by atoms with van der Waals surface area (Å²) >= 11 is 0. The Morgan fingerprint density at radius 2 is 1.82 bits per heavy atom. The molecule has 17 heavy (non-hydrogen) atoms. The van der Waals surface area contributed by atoms with Gasteiger partial charge in [0.05, 0.1) is 39.3 Å². The molecule has 1 aliphatic heterocycles. The number of piperazine rings is 1. The molecule has 1 heterocycles. The van der Waals surface area contributed by atoms with Gasteiger partial charge in [-0.25, -0.2) is 0 Å². The number of benzene rings is 1. The number of anilines is 1. The van der Waals surface area contributed by atoms with Crippen molar-refractivity contribution in [3.63, 3.8) is 0 Å². The molecule has 0 aliphatic carbocycles. The van der Waals surface area contributed by atoms with E-state index in [1.54, 1.807) is 6.07 Å². The smallest absolute Gasteiger partial charge is 0.117 e. The summed E-state index contributed by atoms with van der Waals surface area (Å²) in [6, 6.07) is 7.59. The standard InChI is InChI=1S/C14H22N2O/c1-3-16(4-2)10-8-15(9-11-16)13-6-5-7-14(17)12-13/h5-7,12H,3-4,8-11H2,1-2H3/p+1. The molecule has 0 saturated carbocycles. The lowest BCUT2D eigenvalue weighted by atomic mass is 10.2. The van der Waals surface area contributed by atoms with Crippen LogP contribution in [0.25, 0.3) is 0 Å². The molecule has 3 heteroatoms. The molecule has 0 bridgehead atoms. The minimum atomic E-state index is 0.361. The van der Waals surface area contributed by atoms with Gasteiger partial charge in [0, 0.05) is 11.8 Å². The van der Waals surface area contributed by atoms with Crippen LogP contribution in [0, 0.1) is 0 Å². The SMILES string of the molecule is CC[N+]1(CC)CCN(c2cccc(O)c2)CC1. The van der Waals surface area contributed by atoms with Crippen LogP contribution in [0.5, 0.6) is 5.75 Å². The van der Waals surface area contributed by atoms with E-state index in [2.05, 4.69) is 24.8 Å². The number of rotatable bonds is 3. The van der Waals surface area contributed by atoms with E-state index in [-0.39, 0.29) is 0 Å². The highest BCUT2D eigenvalue weighted by molar-refractivity contribution is 5.50. The molecule has 0 radical (unpaired) electrons. The maximum Gasteiger partial charge on any atom is 0.117 e. The molecule has 1 fully saturated rings. The van der Waals surface area contributed by atoms with Gasteiger partial charge in [-0.2, -0.15) is 0 Å². The summed E-state index contributed by atoms with van der Waals surface area (Å²) < 4.78 is 1.23. The minimum Gasteiger partial charge on any atom is -0.508 e. The molecular formula is C14H23N2O+. The minimum absolute atomic E-state index is 0.361. The monoisotopic (exact) mass is 235 g/mol. The zero-order chi connectivity index (χ0) is 12.3. The van der Waals surface area contributed by atoms with Crippen molar-refractivity contribution in [2.75, 3.05) is 44.2 Å². The second kappa shape index (κ2) is 4.96. The third-order valence-corrected chi connectivity index (χ3v) is 4.23. The van der Waals surface area contributed by atoms with Crippen LogP contribution in [-0.2, 0) is 0 Å². The molecule has 0 atom stereocenters. The van der Waals surface area contributed by atoms with E-state index in [9.17, 15) is 5.11 Å². The molecule has 1 aromatic carbocycles. The number of nitrogens with zero attached hydrogens (tertiary/aromatic N) is 2. The molecule has 0 unspecified atom stereocenters. The van der Waals surface area contributed by atoms with Crippen molar-refractivity contribution < 1.29 is 9.59 Å². The fourth-order valence-corrected chi connectivity index (χ4v) is 2.69. The number of hydrogen-bond donors (Lipinski definition) is 1. The molecule has 1 aromatic rings. The normalized spacial score (nSPS) is 19.3. The Hall–Kier alpha value is -1.22. The van der Waals surface area contributed by atoms with Crippen molar-refractivity contribution in [2.24, 2.45) is 0 Å². The van der Waals surface area contributed by atoms with Crippen molar-refractivity contribution in [1.82, 2.24) is 0 Å². The molecule has 94 valence electrons. The summed E-state index contributed by atoms with van der Waals surface area (Å²) in [5, 5.41) is 9.51. The van der Waals surface area contributed by atoms with Crippen molar-refractivity contribution in [3.8, 4) is 5.75 Å². The van der Waals surface area contributed by atoms with Crippen LogP contribution in [0.15, 0.2) is 24.3 Å². The molecule has 1 aliphatic rings. The molecule has 3 nitrogen and oxygen atoms in total. The van der Waals surface area contributed by atoms with Crippen molar-refractivity contribution in [3.05, 3.63) is 24.3 Å². The van der Waals surface area contributed by atoms with Gasteiger partial charge in [0.15, 0.2) is 0 Å². The molecule has 2 rings (SSSR count). The molecule has 0 amide bonds. The Bertz CT molecular complexity index is 364. The number of quaternary nitrogens is 1. The summed E-state index contributed by atoms with van der Waals surface area (Å²) in [7, 11) is 0.